The highest BCUT2D eigenvalue weighted by molar-refractivity contribution is 7.99. The molecule has 94 valence electrons. The highest BCUT2D eigenvalue weighted by atomic mass is 32.2. The van der Waals surface area contributed by atoms with E-state index in [4.69, 9.17) is 0 Å². The molecular weight excluding hydrogens is 256 g/mol. The highest BCUT2D eigenvalue weighted by Crippen LogP contribution is 2.31. The van der Waals surface area contributed by atoms with Crippen molar-refractivity contribution in [3.63, 3.8) is 0 Å². The number of benzene rings is 1. The summed E-state index contributed by atoms with van der Waals surface area (Å²) in [6.07, 6.45) is 2.36. The molecule has 1 aliphatic rings. The van der Waals surface area contributed by atoms with Crippen LogP contribution in [0.15, 0.2) is 29.2 Å². The van der Waals surface area contributed by atoms with Crippen molar-refractivity contribution in [2.24, 2.45) is 0 Å². The van der Waals surface area contributed by atoms with Gasteiger partial charge >= 0.3 is 0 Å². The fourth-order valence-electron chi connectivity index (χ4n) is 2.03. The maximum atomic E-state index is 11.5. The van der Waals surface area contributed by atoms with E-state index >= 15 is 0 Å². The van der Waals surface area contributed by atoms with E-state index in [1.165, 1.54) is 37.0 Å². The minimum absolute atomic E-state index is 0.230. The van der Waals surface area contributed by atoms with E-state index in [-0.39, 0.29) is 4.90 Å². The van der Waals surface area contributed by atoms with E-state index in [0.29, 0.717) is 5.92 Å². The van der Waals surface area contributed by atoms with E-state index < -0.39 is 10.1 Å². The Balaban J connectivity index is 2.18. The Hall–Kier alpha value is -0.520. The third-order valence-corrected chi connectivity index (χ3v) is 5.42. The Bertz CT molecular complexity index is 459. The van der Waals surface area contributed by atoms with Gasteiger partial charge in [0.05, 0.1) is 12.0 Å². The van der Waals surface area contributed by atoms with Crippen LogP contribution in [0.2, 0.25) is 0 Å². The summed E-state index contributed by atoms with van der Waals surface area (Å²) in [5.74, 6) is 2.97. The van der Waals surface area contributed by atoms with Crippen LogP contribution in [0.25, 0.3) is 0 Å². The average Bonchev–Trinajstić information content (AvgIpc) is 2.40. The van der Waals surface area contributed by atoms with E-state index in [9.17, 15) is 8.42 Å². The van der Waals surface area contributed by atoms with Crippen molar-refractivity contribution < 1.29 is 12.6 Å². The van der Waals surface area contributed by atoms with E-state index in [1.54, 1.807) is 12.1 Å². The number of hydrogen-bond donors (Lipinski definition) is 0. The maximum Gasteiger partial charge on any atom is 0.296 e. The smallest absolute Gasteiger partial charge is 0.270 e. The Morgan fingerprint density at radius 3 is 2.29 bits per heavy atom. The van der Waals surface area contributed by atoms with Crippen LogP contribution in [0.3, 0.4) is 0 Å². The van der Waals surface area contributed by atoms with Crippen molar-refractivity contribution in [3.05, 3.63) is 29.8 Å². The van der Waals surface area contributed by atoms with Gasteiger partial charge in [-0.1, -0.05) is 12.1 Å². The zero-order valence-electron chi connectivity index (χ0n) is 9.76. The molecule has 0 saturated carbocycles. The SMILES string of the molecule is COS(=O)(=O)c1ccc(C2CCSCC2)cc1. The maximum absolute atomic E-state index is 11.5. The first-order valence-electron chi connectivity index (χ1n) is 5.62. The van der Waals surface area contributed by atoms with E-state index in [2.05, 4.69) is 4.18 Å². The summed E-state index contributed by atoms with van der Waals surface area (Å²) in [6.45, 7) is 0. The van der Waals surface area contributed by atoms with Gasteiger partial charge in [-0.15, -0.1) is 0 Å². The number of rotatable bonds is 3. The van der Waals surface area contributed by atoms with Gasteiger partial charge in [-0.3, -0.25) is 4.18 Å². The van der Waals surface area contributed by atoms with Crippen molar-refractivity contribution >= 4 is 21.9 Å². The first-order chi connectivity index (χ1) is 8.13. The third-order valence-electron chi connectivity index (χ3n) is 3.08. The van der Waals surface area contributed by atoms with Crippen LogP contribution < -0.4 is 0 Å². The predicted octanol–water partition coefficient (Wildman–Crippen LogP) is 2.63. The quantitative estimate of drug-likeness (QED) is 0.793. The molecule has 1 aromatic carbocycles. The molecule has 2 rings (SSSR count). The zero-order valence-corrected chi connectivity index (χ0v) is 11.4. The summed E-state index contributed by atoms with van der Waals surface area (Å²) >= 11 is 1.99. The second kappa shape index (κ2) is 5.42. The zero-order chi connectivity index (χ0) is 12.3. The lowest BCUT2D eigenvalue weighted by atomic mass is 9.94. The van der Waals surface area contributed by atoms with Crippen LogP contribution in [0.4, 0.5) is 0 Å². The van der Waals surface area contributed by atoms with Crippen molar-refractivity contribution in [3.8, 4) is 0 Å². The molecule has 0 aromatic heterocycles. The molecular formula is C12H16O3S2. The van der Waals surface area contributed by atoms with Gasteiger partial charge < -0.3 is 0 Å². The van der Waals surface area contributed by atoms with Crippen molar-refractivity contribution in [2.75, 3.05) is 18.6 Å². The Morgan fingerprint density at radius 2 is 1.76 bits per heavy atom. The standard InChI is InChI=1S/C12H16O3S2/c1-15-17(13,14)12-4-2-10(3-5-12)11-6-8-16-9-7-11/h2-5,11H,6-9H2,1H3. The minimum Gasteiger partial charge on any atom is -0.270 e. The second-order valence-electron chi connectivity index (χ2n) is 4.08. The van der Waals surface area contributed by atoms with Crippen LogP contribution in [0.5, 0.6) is 0 Å². The average molecular weight is 272 g/mol. The Morgan fingerprint density at radius 1 is 1.18 bits per heavy atom. The van der Waals surface area contributed by atoms with Gasteiger partial charge in [-0.2, -0.15) is 20.2 Å². The Kier molecular flexibility index (Phi) is 4.12. The molecule has 1 aromatic rings. The highest BCUT2D eigenvalue weighted by Gasteiger charge is 2.17. The number of thioether (sulfide) groups is 1. The monoisotopic (exact) mass is 272 g/mol. The molecule has 1 fully saturated rings. The first-order valence-corrected chi connectivity index (χ1v) is 8.18. The van der Waals surface area contributed by atoms with Crippen molar-refractivity contribution in [1.82, 2.24) is 0 Å². The molecule has 1 aliphatic heterocycles. The summed E-state index contributed by atoms with van der Waals surface area (Å²) in [6, 6.07) is 7.09. The van der Waals surface area contributed by atoms with Crippen LogP contribution >= 0.6 is 11.8 Å². The summed E-state index contributed by atoms with van der Waals surface area (Å²) in [5.41, 5.74) is 1.24. The van der Waals surface area contributed by atoms with Gasteiger partial charge in [-0.05, 0) is 48.0 Å². The largest absolute Gasteiger partial charge is 0.296 e. The van der Waals surface area contributed by atoms with Crippen molar-refractivity contribution in [2.45, 2.75) is 23.7 Å². The van der Waals surface area contributed by atoms with Gasteiger partial charge in [0.2, 0.25) is 0 Å². The molecule has 17 heavy (non-hydrogen) atoms. The molecule has 0 aliphatic carbocycles. The summed E-state index contributed by atoms with van der Waals surface area (Å²) in [4.78, 5) is 0.230. The lowest BCUT2D eigenvalue weighted by molar-refractivity contribution is 0.397. The van der Waals surface area contributed by atoms with Gasteiger partial charge in [0.15, 0.2) is 0 Å². The summed E-state index contributed by atoms with van der Waals surface area (Å²) in [5, 5.41) is 0. The predicted molar refractivity (Wildman–Crippen MR) is 69.9 cm³/mol. The van der Waals surface area contributed by atoms with E-state index in [0.717, 1.165) is 0 Å². The minimum atomic E-state index is -3.55. The third kappa shape index (κ3) is 3.03. The van der Waals surface area contributed by atoms with E-state index in [1.807, 2.05) is 23.9 Å². The van der Waals surface area contributed by atoms with Gasteiger partial charge in [-0.25, -0.2) is 0 Å². The summed E-state index contributed by atoms with van der Waals surface area (Å²) in [7, 11) is -2.37. The first kappa shape index (κ1) is 12.9. The van der Waals surface area contributed by atoms with Gasteiger partial charge in [0.25, 0.3) is 10.1 Å². The normalized spacial score (nSPS) is 18.2. The van der Waals surface area contributed by atoms with Crippen LogP contribution in [0, 0.1) is 0 Å². The van der Waals surface area contributed by atoms with Gasteiger partial charge in [0.1, 0.15) is 0 Å². The molecule has 0 unspecified atom stereocenters. The fraction of sp³-hybridized carbons (Fsp3) is 0.500. The molecule has 3 nitrogen and oxygen atoms in total. The molecule has 0 N–H and O–H groups in total. The molecule has 0 bridgehead atoms. The molecule has 0 radical (unpaired) electrons. The topological polar surface area (TPSA) is 43.4 Å². The molecule has 1 saturated heterocycles. The lowest BCUT2D eigenvalue weighted by Gasteiger charge is -2.21. The molecule has 0 atom stereocenters. The van der Waals surface area contributed by atoms with Crippen LogP contribution in [-0.2, 0) is 14.3 Å². The lowest BCUT2D eigenvalue weighted by Crippen LogP contribution is -2.08. The van der Waals surface area contributed by atoms with Crippen LogP contribution in [0.1, 0.15) is 24.3 Å². The Labute approximate surface area is 107 Å². The van der Waals surface area contributed by atoms with Gasteiger partial charge in [0, 0.05) is 0 Å². The molecule has 1 heterocycles. The fourth-order valence-corrected chi connectivity index (χ4v) is 3.80. The van der Waals surface area contributed by atoms with Crippen molar-refractivity contribution in [1.29, 1.82) is 0 Å². The second-order valence-corrected chi connectivity index (χ2v) is 7.01. The molecule has 0 spiro atoms. The molecule has 0 amide bonds. The number of hydrogen-bond acceptors (Lipinski definition) is 4. The summed E-state index contributed by atoms with van der Waals surface area (Å²) < 4.78 is 27.4. The van der Waals surface area contributed by atoms with Crippen LogP contribution in [-0.4, -0.2) is 27.0 Å². The molecule has 5 heteroatoms.